The maximum atomic E-state index is 4.60. The topological polar surface area (TPSA) is 37.8 Å². The van der Waals surface area contributed by atoms with Crippen molar-refractivity contribution in [1.29, 1.82) is 0 Å². The highest BCUT2D eigenvalue weighted by Crippen LogP contribution is 2.22. The average Bonchev–Trinajstić information content (AvgIpc) is 2.36. The lowest BCUT2D eigenvalue weighted by Crippen LogP contribution is -2.17. The zero-order valence-electron chi connectivity index (χ0n) is 13.3. The maximum absolute atomic E-state index is 4.60. The molecule has 1 aromatic heterocycles. The van der Waals surface area contributed by atoms with Crippen LogP contribution in [0.25, 0.3) is 0 Å². The Morgan fingerprint density at radius 3 is 2.35 bits per heavy atom. The second kappa shape index (κ2) is 8.60. The summed E-state index contributed by atoms with van der Waals surface area (Å²) in [7, 11) is 0. The van der Waals surface area contributed by atoms with Gasteiger partial charge in [-0.15, -0.1) is 0 Å². The summed E-state index contributed by atoms with van der Waals surface area (Å²) >= 11 is 3.47. The molecule has 1 rings (SSSR count). The van der Waals surface area contributed by atoms with Gasteiger partial charge in [-0.2, -0.15) is 0 Å². The summed E-state index contributed by atoms with van der Waals surface area (Å²) in [5.74, 6) is 1.79. The summed E-state index contributed by atoms with van der Waals surface area (Å²) < 4.78 is 0.850. The molecular weight excluding hydrogens is 314 g/mol. The van der Waals surface area contributed by atoms with Crippen molar-refractivity contribution in [2.45, 2.75) is 71.6 Å². The van der Waals surface area contributed by atoms with Crippen molar-refractivity contribution >= 4 is 21.7 Å². The molecule has 0 aliphatic rings. The van der Waals surface area contributed by atoms with Crippen molar-refractivity contribution in [3.05, 3.63) is 16.5 Å². The van der Waals surface area contributed by atoms with Gasteiger partial charge >= 0.3 is 0 Å². The minimum Gasteiger partial charge on any atom is -0.370 e. The van der Waals surface area contributed by atoms with Gasteiger partial charge in [0.05, 0.1) is 0 Å². The lowest BCUT2D eigenvalue weighted by atomic mass is 9.96. The van der Waals surface area contributed by atoms with Crippen molar-refractivity contribution in [3.63, 3.8) is 0 Å². The van der Waals surface area contributed by atoms with Gasteiger partial charge in [-0.25, -0.2) is 9.97 Å². The molecule has 0 spiro atoms. The van der Waals surface area contributed by atoms with Crippen molar-refractivity contribution in [3.8, 4) is 0 Å². The molecule has 0 aliphatic carbocycles. The molecule has 20 heavy (non-hydrogen) atoms. The number of rotatable bonds is 8. The second-order valence-electron chi connectivity index (χ2n) is 6.34. The molecule has 1 N–H and O–H groups in total. The van der Waals surface area contributed by atoms with E-state index in [4.69, 9.17) is 0 Å². The van der Waals surface area contributed by atoms with Gasteiger partial charge in [0.25, 0.3) is 0 Å². The van der Waals surface area contributed by atoms with E-state index in [2.05, 4.69) is 58.9 Å². The third kappa shape index (κ3) is 6.69. The summed E-state index contributed by atoms with van der Waals surface area (Å²) in [4.78, 5) is 9.05. The molecule has 4 heteroatoms. The molecule has 1 aromatic rings. The minimum absolute atomic E-state index is 0.0274. The Bertz CT molecular complexity index is 399. The fourth-order valence-corrected chi connectivity index (χ4v) is 2.35. The van der Waals surface area contributed by atoms with Crippen LogP contribution >= 0.6 is 15.9 Å². The number of nitrogens with zero attached hydrogens (tertiary/aromatic N) is 2. The highest BCUT2D eigenvalue weighted by molar-refractivity contribution is 9.10. The Morgan fingerprint density at radius 2 is 1.70 bits per heavy atom. The van der Waals surface area contributed by atoms with E-state index >= 15 is 0 Å². The van der Waals surface area contributed by atoms with Crippen molar-refractivity contribution in [1.82, 2.24) is 9.97 Å². The molecule has 0 fully saturated rings. The standard InChI is InChI=1S/C16H28BrN3/c1-5-6-7-8-9-10-11-18-14-12-13(17)19-15(20-14)16(2,3)4/h12H,5-11H2,1-4H3,(H,18,19,20). The lowest BCUT2D eigenvalue weighted by molar-refractivity contribution is 0.544. The number of aromatic nitrogens is 2. The van der Waals surface area contributed by atoms with Gasteiger partial charge in [0.1, 0.15) is 16.2 Å². The van der Waals surface area contributed by atoms with E-state index in [1.807, 2.05) is 6.07 Å². The van der Waals surface area contributed by atoms with E-state index in [0.29, 0.717) is 0 Å². The molecule has 0 bridgehead atoms. The van der Waals surface area contributed by atoms with Crippen LogP contribution < -0.4 is 5.32 Å². The minimum atomic E-state index is -0.0274. The number of hydrogen-bond acceptors (Lipinski definition) is 3. The molecule has 0 atom stereocenters. The normalized spacial score (nSPS) is 11.7. The van der Waals surface area contributed by atoms with Gasteiger partial charge in [-0.3, -0.25) is 0 Å². The fraction of sp³-hybridized carbons (Fsp3) is 0.750. The first kappa shape index (κ1) is 17.4. The van der Waals surface area contributed by atoms with Crippen LogP contribution in [0.3, 0.4) is 0 Å². The fourth-order valence-electron chi connectivity index (χ4n) is 1.97. The van der Waals surface area contributed by atoms with E-state index in [1.54, 1.807) is 0 Å². The lowest BCUT2D eigenvalue weighted by Gasteiger charge is -2.18. The summed E-state index contributed by atoms with van der Waals surface area (Å²) in [5, 5.41) is 3.41. The highest BCUT2D eigenvalue weighted by atomic mass is 79.9. The number of hydrogen-bond donors (Lipinski definition) is 1. The predicted octanol–water partition coefficient (Wildman–Crippen LogP) is 5.31. The quantitative estimate of drug-likeness (QED) is 0.514. The van der Waals surface area contributed by atoms with Gasteiger partial charge in [0, 0.05) is 18.0 Å². The number of nitrogens with one attached hydrogen (secondary N) is 1. The first-order chi connectivity index (χ1) is 9.43. The van der Waals surface area contributed by atoms with Crippen LogP contribution in [0.15, 0.2) is 10.7 Å². The zero-order valence-corrected chi connectivity index (χ0v) is 14.9. The van der Waals surface area contributed by atoms with Crippen LogP contribution in [0.5, 0.6) is 0 Å². The van der Waals surface area contributed by atoms with E-state index < -0.39 is 0 Å². The molecular formula is C16H28BrN3. The Kier molecular flexibility index (Phi) is 7.49. The van der Waals surface area contributed by atoms with E-state index in [0.717, 1.165) is 22.8 Å². The van der Waals surface area contributed by atoms with Crippen molar-refractivity contribution in [2.24, 2.45) is 0 Å². The Morgan fingerprint density at radius 1 is 1.05 bits per heavy atom. The Labute approximate surface area is 132 Å². The van der Waals surface area contributed by atoms with Gasteiger partial charge in [0.15, 0.2) is 0 Å². The van der Waals surface area contributed by atoms with Gasteiger partial charge in [-0.1, -0.05) is 59.8 Å². The largest absolute Gasteiger partial charge is 0.370 e. The molecule has 0 saturated heterocycles. The SMILES string of the molecule is CCCCCCCCNc1cc(Br)nc(C(C)(C)C)n1. The molecule has 0 unspecified atom stereocenters. The Hall–Kier alpha value is -0.640. The smallest absolute Gasteiger partial charge is 0.137 e. The van der Waals surface area contributed by atoms with Crippen LogP contribution in [0.2, 0.25) is 0 Å². The van der Waals surface area contributed by atoms with Gasteiger partial charge < -0.3 is 5.32 Å². The predicted molar refractivity (Wildman–Crippen MR) is 90.3 cm³/mol. The summed E-state index contributed by atoms with van der Waals surface area (Å²) in [6, 6.07) is 1.95. The van der Waals surface area contributed by atoms with Crippen LogP contribution in [0.1, 0.15) is 72.0 Å². The summed E-state index contributed by atoms with van der Waals surface area (Å²) in [6.07, 6.45) is 7.88. The molecule has 0 saturated carbocycles. The molecule has 3 nitrogen and oxygen atoms in total. The van der Waals surface area contributed by atoms with Gasteiger partial charge in [0.2, 0.25) is 0 Å². The number of unbranched alkanes of at least 4 members (excludes halogenated alkanes) is 5. The molecule has 0 aromatic carbocycles. The summed E-state index contributed by atoms with van der Waals surface area (Å²) in [6.45, 7) is 9.63. The van der Waals surface area contributed by atoms with Crippen LogP contribution in [0, 0.1) is 0 Å². The first-order valence-corrected chi connectivity index (χ1v) is 8.51. The van der Waals surface area contributed by atoms with Crippen molar-refractivity contribution in [2.75, 3.05) is 11.9 Å². The van der Waals surface area contributed by atoms with Gasteiger partial charge in [-0.05, 0) is 22.4 Å². The maximum Gasteiger partial charge on any atom is 0.137 e. The summed E-state index contributed by atoms with van der Waals surface area (Å²) in [5.41, 5.74) is -0.0274. The van der Waals surface area contributed by atoms with E-state index in [9.17, 15) is 0 Å². The molecule has 0 aliphatic heterocycles. The first-order valence-electron chi connectivity index (χ1n) is 7.72. The zero-order chi connectivity index (χ0) is 15.0. The van der Waals surface area contributed by atoms with E-state index in [1.165, 1.54) is 38.5 Å². The molecule has 114 valence electrons. The third-order valence-electron chi connectivity index (χ3n) is 3.20. The van der Waals surface area contributed by atoms with E-state index in [-0.39, 0.29) is 5.41 Å². The molecule has 0 amide bonds. The van der Waals surface area contributed by atoms with Crippen LogP contribution in [-0.4, -0.2) is 16.5 Å². The van der Waals surface area contributed by atoms with Crippen LogP contribution in [0.4, 0.5) is 5.82 Å². The Balaban J connectivity index is 2.39. The van der Waals surface area contributed by atoms with Crippen molar-refractivity contribution < 1.29 is 0 Å². The highest BCUT2D eigenvalue weighted by Gasteiger charge is 2.18. The third-order valence-corrected chi connectivity index (χ3v) is 3.61. The van der Waals surface area contributed by atoms with Crippen LogP contribution in [-0.2, 0) is 5.41 Å². The molecule has 1 heterocycles. The average molecular weight is 342 g/mol. The number of anilines is 1. The molecule has 0 radical (unpaired) electrons. The number of halogens is 1. The monoisotopic (exact) mass is 341 g/mol. The second-order valence-corrected chi connectivity index (χ2v) is 7.16.